The van der Waals surface area contributed by atoms with E-state index in [1.807, 2.05) is 19.9 Å². The van der Waals surface area contributed by atoms with Gasteiger partial charge >= 0.3 is 0 Å². The van der Waals surface area contributed by atoms with Crippen LogP contribution in [-0.4, -0.2) is 82.0 Å². The topological polar surface area (TPSA) is 151 Å². The van der Waals surface area contributed by atoms with Gasteiger partial charge in [-0.3, -0.25) is 0 Å². The first-order valence-corrected chi connectivity index (χ1v) is 13.2. The van der Waals surface area contributed by atoms with Gasteiger partial charge in [0.05, 0.1) is 42.3 Å². The van der Waals surface area contributed by atoms with E-state index in [2.05, 4.69) is 41.4 Å². The number of pyridine rings is 1. The zero-order chi connectivity index (χ0) is 27.6. The molecular formula is C27H41N5O6. The van der Waals surface area contributed by atoms with Crippen molar-refractivity contribution >= 4 is 11.8 Å². The number of aliphatic hydroxyl groups is 3. The molecule has 2 aliphatic rings. The Labute approximate surface area is 224 Å². The number of hydrogen-bond acceptors (Lipinski definition) is 11. The predicted octanol–water partition coefficient (Wildman–Crippen LogP) is 2.16. The molecule has 1 aliphatic heterocycles. The van der Waals surface area contributed by atoms with E-state index in [0.717, 1.165) is 28.3 Å². The molecule has 0 bridgehead atoms. The molecule has 1 saturated carbocycles. The van der Waals surface area contributed by atoms with Crippen LogP contribution in [0.4, 0.5) is 11.8 Å². The van der Waals surface area contributed by atoms with Gasteiger partial charge in [-0.25, -0.2) is 9.97 Å². The van der Waals surface area contributed by atoms with Crippen molar-refractivity contribution in [1.29, 1.82) is 0 Å². The zero-order valence-corrected chi connectivity index (χ0v) is 23.1. The van der Waals surface area contributed by atoms with Gasteiger partial charge in [-0.2, -0.15) is 4.98 Å². The normalized spacial score (nSPS) is 24.7. The van der Waals surface area contributed by atoms with Crippen molar-refractivity contribution in [2.24, 2.45) is 11.3 Å². The molecule has 11 nitrogen and oxygen atoms in total. The Bertz CT molecular complexity index is 1120. The van der Waals surface area contributed by atoms with E-state index in [1.165, 1.54) is 0 Å². The lowest BCUT2D eigenvalue weighted by atomic mass is 9.99. The molecule has 210 valence electrons. The van der Waals surface area contributed by atoms with Crippen LogP contribution in [0.5, 0.6) is 11.6 Å². The number of fused-ring (bicyclic) bond motifs is 1. The highest BCUT2D eigenvalue weighted by Gasteiger charge is 2.42. The van der Waals surface area contributed by atoms with E-state index >= 15 is 0 Å². The summed E-state index contributed by atoms with van der Waals surface area (Å²) in [5.74, 6) is 1.81. The second-order valence-corrected chi connectivity index (χ2v) is 11.4. The molecule has 1 unspecified atom stereocenters. The average molecular weight is 532 g/mol. The summed E-state index contributed by atoms with van der Waals surface area (Å²) < 4.78 is 17.5. The number of methoxy groups -OCH3 is 1. The van der Waals surface area contributed by atoms with Gasteiger partial charge in [0.1, 0.15) is 23.8 Å². The van der Waals surface area contributed by atoms with Crippen LogP contribution in [0.15, 0.2) is 6.07 Å². The Morgan fingerprint density at radius 3 is 2.53 bits per heavy atom. The van der Waals surface area contributed by atoms with Crippen LogP contribution in [0, 0.1) is 25.2 Å². The molecule has 38 heavy (non-hydrogen) atoms. The quantitative estimate of drug-likeness (QED) is 0.287. The largest absolute Gasteiger partial charge is 0.483 e. The van der Waals surface area contributed by atoms with Crippen LogP contribution in [0.2, 0.25) is 0 Å². The first-order valence-electron chi connectivity index (χ1n) is 13.2. The molecule has 2 aromatic heterocycles. The van der Waals surface area contributed by atoms with Crippen molar-refractivity contribution in [3.63, 3.8) is 0 Å². The molecule has 1 aliphatic carbocycles. The van der Waals surface area contributed by atoms with Crippen molar-refractivity contribution in [1.82, 2.24) is 15.0 Å². The third kappa shape index (κ3) is 6.28. The average Bonchev–Trinajstić information content (AvgIpc) is 3.39. The summed E-state index contributed by atoms with van der Waals surface area (Å²) >= 11 is 0. The van der Waals surface area contributed by atoms with Gasteiger partial charge in [-0.05, 0) is 25.7 Å². The first-order chi connectivity index (χ1) is 18.0. The van der Waals surface area contributed by atoms with Crippen molar-refractivity contribution in [2.75, 3.05) is 44.1 Å². The Morgan fingerprint density at radius 2 is 1.87 bits per heavy atom. The monoisotopic (exact) mass is 531 g/mol. The maximum Gasteiger partial charge on any atom is 0.224 e. The van der Waals surface area contributed by atoms with Gasteiger partial charge in [-0.1, -0.05) is 20.8 Å². The lowest BCUT2D eigenvalue weighted by molar-refractivity contribution is 0.00444. The molecule has 2 aromatic rings. The number of aromatic nitrogens is 3. The molecule has 0 radical (unpaired) electrons. The lowest BCUT2D eigenvalue weighted by Crippen LogP contribution is -2.36. The van der Waals surface area contributed by atoms with Gasteiger partial charge in [0.15, 0.2) is 0 Å². The van der Waals surface area contributed by atoms with E-state index in [4.69, 9.17) is 19.2 Å². The molecule has 1 fully saturated rings. The van der Waals surface area contributed by atoms with Crippen LogP contribution < -0.4 is 20.1 Å². The number of ether oxygens (including phenoxy) is 3. The Kier molecular flexibility index (Phi) is 8.61. The molecule has 11 heteroatoms. The number of aryl methyl sites for hydroxylation is 2. The fourth-order valence-corrected chi connectivity index (χ4v) is 4.96. The second kappa shape index (κ2) is 11.6. The molecule has 4 rings (SSSR count). The smallest absolute Gasteiger partial charge is 0.224 e. The number of nitrogens with zero attached hydrogens (tertiary/aromatic N) is 3. The maximum absolute atomic E-state index is 10.7. The first kappa shape index (κ1) is 28.3. The number of rotatable bonds is 10. The summed E-state index contributed by atoms with van der Waals surface area (Å²) in [6.07, 6.45) is -1.46. The summed E-state index contributed by atoms with van der Waals surface area (Å²) in [4.78, 5) is 14.0. The second-order valence-electron chi connectivity index (χ2n) is 11.4. The standard InChI is InChI=1S/C27H41N5O6/c1-14-21(19-10-16-11-20(37-13-27(3,4)5)29-15(2)24(16)38-19)25(32-26(30-14)28-7-8-36-6)31-18-9-17(12-33)22(34)23(18)35/h11,17-19,22-23,33-35H,7-10,12-13H2,1-6H3,(H2,28,30,31,32)/t17-,18-,19?,22-,23+/m1/s1. The van der Waals surface area contributed by atoms with E-state index in [-0.39, 0.29) is 18.1 Å². The van der Waals surface area contributed by atoms with Gasteiger partial charge in [-0.15, -0.1) is 0 Å². The van der Waals surface area contributed by atoms with Crippen molar-refractivity contribution < 1.29 is 29.5 Å². The number of hydrogen-bond donors (Lipinski definition) is 5. The van der Waals surface area contributed by atoms with E-state index in [0.29, 0.717) is 50.2 Å². The van der Waals surface area contributed by atoms with E-state index in [1.54, 1.807) is 7.11 Å². The summed E-state index contributed by atoms with van der Waals surface area (Å²) in [6.45, 7) is 11.5. The molecule has 0 spiro atoms. The Hall–Kier alpha value is -2.73. The van der Waals surface area contributed by atoms with Crippen molar-refractivity contribution in [3.8, 4) is 11.6 Å². The highest BCUT2D eigenvalue weighted by Crippen LogP contribution is 2.43. The minimum absolute atomic E-state index is 0.00903. The SMILES string of the molecule is COCCNc1nc(C)c(C2Cc3cc(OCC(C)(C)C)nc(C)c3O2)c(N[C@@H]2C[C@H](CO)[C@@H](O)[C@H]2O)n1. The number of anilines is 2. The maximum atomic E-state index is 10.7. The lowest BCUT2D eigenvalue weighted by Gasteiger charge is -2.24. The summed E-state index contributed by atoms with van der Waals surface area (Å²) in [5, 5.41) is 37.1. The number of nitrogens with one attached hydrogen (secondary N) is 2. The van der Waals surface area contributed by atoms with Gasteiger partial charge in [0, 0.05) is 44.2 Å². The molecule has 5 atom stereocenters. The molecule has 0 amide bonds. The third-order valence-electron chi connectivity index (χ3n) is 6.92. The Morgan fingerprint density at radius 1 is 1.11 bits per heavy atom. The predicted molar refractivity (Wildman–Crippen MR) is 143 cm³/mol. The minimum atomic E-state index is -1.05. The van der Waals surface area contributed by atoms with E-state index < -0.39 is 24.2 Å². The van der Waals surface area contributed by atoms with Gasteiger partial charge < -0.3 is 40.2 Å². The fourth-order valence-electron chi connectivity index (χ4n) is 4.96. The zero-order valence-electron chi connectivity index (χ0n) is 23.1. The number of aliphatic hydroxyl groups excluding tert-OH is 3. The van der Waals surface area contributed by atoms with Crippen molar-refractivity contribution in [2.45, 2.75) is 71.8 Å². The molecule has 3 heterocycles. The fraction of sp³-hybridized carbons (Fsp3) is 0.667. The highest BCUT2D eigenvalue weighted by molar-refractivity contribution is 5.55. The van der Waals surface area contributed by atoms with Crippen LogP contribution in [0.25, 0.3) is 0 Å². The summed E-state index contributed by atoms with van der Waals surface area (Å²) in [5.41, 5.74) is 3.25. The van der Waals surface area contributed by atoms with Gasteiger partial charge in [0.2, 0.25) is 11.8 Å². The molecule has 0 saturated heterocycles. The van der Waals surface area contributed by atoms with Gasteiger partial charge in [0.25, 0.3) is 0 Å². The summed E-state index contributed by atoms with van der Waals surface area (Å²) in [6, 6.07) is 1.44. The van der Waals surface area contributed by atoms with Crippen LogP contribution >= 0.6 is 0 Å². The minimum Gasteiger partial charge on any atom is -0.483 e. The highest BCUT2D eigenvalue weighted by atomic mass is 16.5. The molecule has 5 N–H and O–H groups in total. The molecule has 0 aromatic carbocycles. The van der Waals surface area contributed by atoms with E-state index in [9.17, 15) is 15.3 Å². The Balaban J connectivity index is 1.63. The molecular weight excluding hydrogens is 490 g/mol. The van der Waals surface area contributed by atoms with Crippen LogP contribution in [0.1, 0.15) is 55.8 Å². The van der Waals surface area contributed by atoms with Crippen molar-refractivity contribution in [3.05, 3.63) is 28.6 Å². The van der Waals surface area contributed by atoms with Crippen LogP contribution in [-0.2, 0) is 11.2 Å². The third-order valence-corrected chi connectivity index (χ3v) is 6.92. The summed E-state index contributed by atoms with van der Waals surface area (Å²) in [7, 11) is 1.62. The van der Waals surface area contributed by atoms with Crippen LogP contribution in [0.3, 0.4) is 0 Å².